The summed E-state index contributed by atoms with van der Waals surface area (Å²) in [6.07, 6.45) is 5.79. The second kappa shape index (κ2) is 10.5. The average molecular weight is 511 g/mol. The molecule has 5 rings (SSSR count). The van der Waals surface area contributed by atoms with Crippen LogP contribution in [0.2, 0.25) is 0 Å². The molecule has 2 amide bonds. The summed E-state index contributed by atoms with van der Waals surface area (Å²) in [5.74, 6) is 1.30. The van der Waals surface area contributed by atoms with Crippen LogP contribution in [0, 0.1) is 5.92 Å². The maximum atomic E-state index is 13.2. The Morgan fingerprint density at radius 3 is 2.57 bits per heavy atom. The first-order valence-corrected chi connectivity index (χ1v) is 12.8. The van der Waals surface area contributed by atoms with Gasteiger partial charge in [0.2, 0.25) is 0 Å². The van der Waals surface area contributed by atoms with Gasteiger partial charge >= 0.3 is 6.03 Å². The van der Waals surface area contributed by atoms with E-state index in [4.69, 9.17) is 9.47 Å². The van der Waals surface area contributed by atoms with Gasteiger partial charge in [-0.1, -0.05) is 0 Å². The van der Waals surface area contributed by atoms with Crippen molar-refractivity contribution in [2.75, 3.05) is 47.0 Å². The van der Waals surface area contributed by atoms with Gasteiger partial charge in [-0.3, -0.25) is 9.36 Å². The Balaban J connectivity index is 1.26. The number of rotatable bonds is 6. The Morgan fingerprint density at radius 2 is 1.89 bits per heavy atom. The third-order valence-electron chi connectivity index (χ3n) is 7.27. The number of carbonyl (C=O) groups excluding carboxylic acids is 1. The highest BCUT2D eigenvalue weighted by Gasteiger charge is 2.35. The number of likely N-dealkylation sites (tertiary alicyclic amines) is 1. The van der Waals surface area contributed by atoms with Gasteiger partial charge < -0.3 is 24.4 Å². The molecule has 2 aliphatic heterocycles. The van der Waals surface area contributed by atoms with Crippen molar-refractivity contribution in [3.8, 4) is 11.4 Å². The number of fused-ring (bicyclic) bond motifs is 1. The minimum Gasteiger partial charge on any atom is -0.493 e. The summed E-state index contributed by atoms with van der Waals surface area (Å²) in [5, 5.41) is 15.9. The van der Waals surface area contributed by atoms with Crippen molar-refractivity contribution < 1.29 is 19.4 Å². The van der Waals surface area contributed by atoms with Crippen LogP contribution in [0.4, 0.5) is 4.79 Å². The van der Waals surface area contributed by atoms with Crippen LogP contribution >= 0.6 is 0 Å². The summed E-state index contributed by atoms with van der Waals surface area (Å²) in [6, 6.07) is 7.50. The lowest BCUT2D eigenvalue weighted by Crippen LogP contribution is -2.51. The Bertz CT molecular complexity index is 1290. The Hall–Kier alpha value is -3.44. The highest BCUT2D eigenvalue weighted by molar-refractivity contribution is 5.75. The summed E-state index contributed by atoms with van der Waals surface area (Å²) >= 11 is 0. The van der Waals surface area contributed by atoms with Gasteiger partial charge in [-0.2, -0.15) is 5.10 Å². The Morgan fingerprint density at radius 1 is 1.19 bits per heavy atom. The molecule has 11 nitrogen and oxygen atoms in total. The predicted octanol–water partition coefficient (Wildman–Crippen LogP) is 1.90. The van der Waals surface area contributed by atoms with Gasteiger partial charge in [0.25, 0.3) is 5.56 Å². The fourth-order valence-electron chi connectivity index (χ4n) is 4.93. The molecule has 2 aliphatic rings. The van der Waals surface area contributed by atoms with E-state index in [1.807, 2.05) is 24.3 Å². The van der Waals surface area contributed by atoms with E-state index in [-0.39, 0.29) is 18.1 Å². The number of aliphatic hydroxyl groups is 1. The molecule has 2 saturated heterocycles. The van der Waals surface area contributed by atoms with Gasteiger partial charge in [0, 0.05) is 40.4 Å². The Labute approximate surface area is 215 Å². The van der Waals surface area contributed by atoms with Crippen LogP contribution in [0.25, 0.3) is 16.7 Å². The van der Waals surface area contributed by atoms with Crippen molar-refractivity contribution in [1.29, 1.82) is 0 Å². The number of hydrogen-bond donors (Lipinski definition) is 1. The van der Waals surface area contributed by atoms with Crippen molar-refractivity contribution in [1.82, 2.24) is 29.1 Å². The second-order valence-corrected chi connectivity index (χ2v) is 10.2. The summed E-state index contributed by atoms with van der Waals surface area (Å²) in [6.45, 7) is 3.25. The van der Waals surface area contributed by atoms with Gasteiger partial charge in [-0.05, 0) is 55.9 Å². The van der Waals surface area contributed by atoms with Gasteiger partial charge in [-0.25, -0.2) is 14.5 Å². The smallest absolute Gasteiger partial charge is 0.319 e. The zero-order valence-corrected chi connectivity index (χ0v) is 21.4. The molecular weight excluding hydrogens is 476 g/mol. The number of amides is 2. The van der Waals surface area contributed by atoms with Crippen molar-refractivity contribution in [2.45, 2.75) is 37.8 Å². The molecule has 37 heavy (non-hydrogen) atoms. The van der Waals surface area contributed by atoms with E-state index in [1.165, 1.54) is 22.0 Å². The summed E-state index contributed by atoms with van der Waals surface area (Å²) in [7, 11) is 3.42. The van der Waals surface area contributed by atoms with Gasteiger partial charge in [-0.15, -0.1) is 0 Å². The zero-order valence-electron chi connectivity index (χ0n) is 21.4. The van der Waals surface area contributed by atoms with Crippen LogP contribution in [0.3, 0.4) is 0 Å². The molecule has 4 heterocycles. The molecule has 0 saturated carbocycles. The fraction of sp³-hybridized carbons (Fsp3) is 0.538. The second-order valence-electron chi connectivity index (χ2n) is 10.2. The van der Waals surface area contributed by atoms with Crippen molar-refractivity contribution in [3.05, 3.63) is 47.1 Å². The van der Waals surface area contributed by atoms with Crippen LogP contribution in [0.15, 0.2) is 41.6 Å². The van der Waals surface area contributed by atoms with E-state index >= 15 is 0 Å². The minimum atomic E-state index is -1.08. The maximum Gasteiger partial charge on any atom is 0.319 e. The third-order valence-corrected chi connectivity index (χ3v) is 7.27. The number of hydrogen-bond acceptors (Lipinski definition) is 7. The van der Waals surface area contributed by atoms with Gasteiger partial charge in [0.15, 0.2) is 5.65 Å². The molecule has 3 aromatic rings. The normalized spacial score (nSPS) is 18.2. The topological polar surface area (TPSA) is 115 Å². The SMILES string of the molecule is CN(C)C(=O)N1CCC(O)(Cn2cnc3c(cnn3-c3ccc(OCC4CCOCC4)cc3)c2=O)CC1. The maximum absolute atomic E-state index is 13.2. The highest BCUT2D eigenvalue weighted by atomic mass is 16.5. The van der Waals surface area contributed by atoms with E-state index in [9.17, 15) is 14.7 Å². The van der Waals surface area contributed by atoms with E-state index in [2.05, 4.69) is 10.1 Å². The van der Waals surface area contributed by atoms with Crippen LogP contribution < -0.4 is 10.3 Å². The number of aromatic nitrogens is 4. The zero-order chi connectivity index (χ0) is 26.0. The molecule has 1 aromatic carbocycles. The molecule has 0 bridgehead atoms. The van der Waals surface area contributed by atoms with E-state index < -0.39 is 5.60 Å². The number of benzene rings is 1. The molecule has 0 unspecified atom stereocenters. The molecule has 0 aliphatic carbocycles. The van der Waals surface area contributed by atoms with Crippen LogP contribution in [-0.4, -0.2) is 92.9 Å². The fourth-order valence-corrected chi connectivity index (χ4v) is 4.93. The number of urea groups is 1. The lowest BCUT2D eigenvalue weighted by atomic mass is 9.91. The lowest BCUT2D eigenvalue weighted by Gasteiger charge is -2.39. The molecule has 11 heteroatoms. The molecular formula is C26H34N6O5. The molecule has 1 N–H and O–H groups in total. The summed E-state index contributed by atoms with van der Waals surface area (Å²) in [5.41, 5.74) is -0.114. The first kappa shape index (κ1) is 25.2. The average Bonchev–Trinajstić information content (AvgIpc) is 3.35. The standard InChI is InChI=1S/C26H34N6O5/c1-29(2)25(34)30-11-9-26(35,10-12-30)17-31-18-27-23-22(24(31)33)15-28-32(23)20-3-5-21(6-4-20)37-16-19-7-13-36-14-8-19/h3-6,15,18-19,35H,7-14,16-17H2,1-2H3. The number of nitrogens with zero attached hydrogens (tertiary/aromatic N) is 6. The third kappa shape index (κ3) is 5.47. The van der Waals surface area contributed by atoms with Gasteiger partial charge in [0.05, 0.1) is 30.6 Å². The van der Waals surface area contributed by atoms with E-state index in [0.29, 0.717) is 49.5 Å². The number of carbonyl (C=O) groups is 1. The summed E-state index contributed by atoms with van der Waals surface area (Å²) < 4.78 is 14.4. The molecule has 198 valence electrons. The molecule has 0 radical (unpaired) electrons. The largest absolute Gasteiger partial charge is 0.493 e. The highest BCUT2D eigenvalue weighted by Crippen LogP contribution is 2.25. The van der Waals surface area contributed by atoms with Crippen molar-refractivity contribution in [2.24, 2.45) is 5.92 Å². The molecule has 2 aromatic heterocycles. The van der Waals surface area contributed by atoms with Crippen molar-refractivity contribution in [3.63, 3.8) is 0 Å². The van der Waals surface area contributed by atoms with Crippen LogP contribution in [0.1, 0.15) is 25.7 Å². The summed E-state index contributed by atoms with van der Waals surface area (Å²) in [4.78, 5) is 33.1. The first-order valence-electron chi connectivity index (χ1n) is 12.8. The van der Waals surface area contributed by atoms with Gasteiger partial charge in [0.1, 0.15) is 17.5 Å². The predicted molar refractivity (Wildman–Crippen MR) is 137 cm³/mol. The molecule has 0 atom stereocenters. The van der Waals surface area contributed by atoms with Crippen LogP contribution in [0.5, 0.6) is 5.75 Å². The van der Waals surface area contributed by atoms with Crippen molar-refractivity contribution >= 4 is 17.1 Å². The number of ether oxygens (including phenoxy) is 2. The molecule has 0 spiro atoms. The first-order chi connectivity index (χ1) is 17.8. The lowest BCUT2D eigenvalue weighted by molar-refractivity contribution is -0.0282. The molecule has 2 fully saturated rings. The van der Waals surface area contributed by atoms with E-state index in [0.717, 1.165) is 37.5 Å². The monoisotopic (exact) mass is 510 g/mol. The number of piperidine rings is 1. The van der Waals surface area contributed by atoms with E-state index in [1.54, 1.807) is 23.7 Å². The Kier molecular flexibility index (Phi) is 7.16. The quantitative estimate of drug-likeness (QED) is 0.539. The minimum absolute atomic E-state index is 0.0753. The van der Waals surface area contributed by atoms with Crippen LogP contribution in [-0.2, 0) is 11.3 Å².